The molecule has 1 aromatic heterocycles. The number of pyridine rings is 1. The van der Waals surface area contributed by atoms with Gasteiger partial charge in [0, 0.05) is 21.2 Å². The van der Waals surface area contributed by atoms with Crippen LogP contribution in [0, 0.1) is 0 Å². The van der Waals surface area contributed by atoms with Gasteiger partial charge in [-0.1, -0.05) is 53.5 Å². The number of rotatable bonds is 3. The molecule has 5 heteroatoms. The maximum atomic E-state index is 11.6. The summed E-state index contributed by atoms with van der Waals surface area (Å²) in [4.78, 5) is 16.3. The van der Waals surface area contributed by atoms with E-state index in [0.717, 1.165) is 21.9 Å². The summed E-state index contributed by atoms with van der Waals surface area (Å²) in [6.45, 7) is 0. The zero-order valence-electron chi connectivity index (χ0n) is 14.0. The van der Waals surface area contributed by atoms with Crippen LogP contribution in [0.3, 0.4) is 0 Å². The highest BCUT2D eigenvalue weighted by atomic mass is 35.5. The Morgan fingerprint density at radius 3 is 1.96 bits per heavy atom. The number of halogens is 2. The van der Waals surface area contributed by atoms with Crippen LogP contribution < -0.4 is 0 Å². The van der Waals surface area contributed by atoms with Crippen molar-refractivity contribution in [3.05, 3.63) is 88.4 Å². The van der Waals surface area contributed by atoms with Crippen LogP contribution in [0.5, 0.6) is 0 Å². The van der Waals surface area contributed by atoms with Crippen molar-refractivity contribution in [2.24, 2.45) is 0 Å². The van der Waals surface area contributed by atoms with Crippen LogP contribution in [-0.2, 0) is 0 Å². The second-order valence-corrected chi connectivity index (χ2v) is 7.02. The highest BCUT2D eigenvalue weighted by Crippen LogP contribution is 2.29. The number of carboxylic acids is 1. The number of fused-ring (bicyclic) bond motifs is 1. The van der Waals surface area contributed by atoms with Gasteiger partial charge >= 0.3 is 5.97 Å². The molecule has 0 aliphatic carbocycles. The molecule has 0 aliphatic rings. The van der Waals surface area contributed by atoms with E-state index in [0.29, 0.717) is 21.4 Å². The number of aromatic carboxylic acids is 1. The second-order valence-electron chi connectivity index (χ2n) is 6.14. The summed E-state index contributed by atoms with van der Waals surface area (Å²) in [5.74, 6) is -0.999. The zero-order chi connectivity index (χ0) is 19.0. The maximum Gasteiger partial charge on any atom is 0.335 e. The quantitative estimate of drug-likeness (QED) is 0.427. The van der Waals surface area contributed by atoms with Crippen molar-refractivity contribution < 1.29 is 9.90 Å². The number of nitrogens with zero attached hydrogens (tertiary/aromatic N) is 1. The smallest absolute Gasteiger partial charge is 0.335 e. The molecule has 132 valence electrons. The molecular weight excluding hydrogens is 381 g/mol. The highest BCUT2D eigenvalue weighted by molar-refractivity contribution is 6.31. The van der Waals surface area contributed by atoms with E-state index in [1.54, 1.807) is 24.3 Å². The molecule has 3 nitrogen and oxygen atoms in total. The van der Waals surface area contributed by atoms with Gasteiger partial charge in [0.15, 0.2) is 0 Å². The first-order valence-corrected chi connectivity index (χ1v) is 8.96. The Hall–Kier alpha value is -2.88. The fourth-order valence-electron chi connectivity index (χ4n) is 2.95. The van der Waals surface area contributed by atoms with E-state index in [1.807, 2.05) is 48.5 Å². The summed E-state index contributed by atoms with van der Waals surface area (Å²) in [5, 5.41) is 12.8. The molecule has 0 bridgehead atoms. The monoisotopic (exact) mass is 393 g/mol. The first-order valence-electron chi connectivity index (χ1n) is 8.21. The molecule has 1 heterocycles. The molecule has 0 spiro atoms. The van der Waals surface area contributed by atoms with Gasteiger partial charge in [0.25, 0.3) is 0 Å². The van der Waals surface area contributed by atoms with Crippen LogP contribution in [0.15, 0.2) is 72.8 Å². The van der Waals surface area contributed by atoms with Crippen LogP contribution in [0.4, 0.5) is 0 Å². The van der Waals surface area contributed by atoms with E-state index in [1.165, 1.54) is 0 Å². The summed E-state index contributed by atoms with van der Waals surface area (Å²) >= 11 is 12.0. The lowest BCUT2D eigenvalue weighted by molar-refractivity contribution is 0.0697. The minimum Gasteiger partial charge on any atom is -0.478 e. The molecule has 4 aromatic rings. The SMILES string of the molecule is O=C(O)c1cc(-c2ccc(Cl)cc2)nc(-c2ccc3cc(Cl)ccc3c2)c1. The fourth-order valence-corrected chi connectivity index (χ4v) is 3.25. The fraction of sp³-hybridized carbons (Fsp3) is 0. The van der Waals surface area contributed by atoms with Crippen LogP contribution in [0.1, 0.15) is 10.4 Å². The van der Waals surface area contributed by atoms with Crippen molar-refractivity contribution in [3.8, 4) is 22.5 Å². The number of carbonyl (C=O) groups is 1. The van der Waals surface area contributed by atoms with Crippen molar-refractivity contribution in [3.63, 3.8) is 0 Å². The Kier molecular flexibility index (Phi) is 4.56. The Balaban J connectivity index is 1.88. The van der Waals surface area contributed by atoms with Crippen LogP contribution in [0.2, 0.25) is 10.0 Å². The summed E-state index contributed by atoms with van der Waals surface area (Å²) in [5.41, 5.74) is 3.00. The number of aromatic nitrogens is 1. The van der Waals surface area contributed by atoms with Crippen molar-refractivity contribution in [1.29, 1.82) is 0 Å². The van der Waals surface area contributed by atoms with Gasteiger partial charge in [0.05, 0.1) is 17.0 Å². The van der Waals surface area contributed by atoms with Crippen molar-refractivity contribution >= 4 is 39.9 Å². The minimum atomic E-state index is -0.999. The first-order chi connectivity index (χ1) is 13.0. The van der Waals surface area contributed by atoms with Crippen LogP contribution in [0.25, 0.3) is 33.3 Å². The molecule has 27 heavy (non-hydrogen) atoms. The minimum absolute atomic E-state index is 0.182. The number of benzene rings is 3. The van der Waals surface area contributed by atoms with Crippen molar-refractivity contribution in [2.45, 2.75) is 0 Å². The lowest BCUT2D eigenvalue weighted by Gasteiger charge is -2.09. The number of carboxylic acid groups (broad SMARTS) is 1. The summed E-state index contributed by atoms with van der Waals surface area (Å²) in [6, 6.07) is 21.8. The Morgan fingerprint density at radius 1 is 0.704 bits per heavy atom. The van der Waals surface area contributed by atoms with Gasteiger partial charge in [-0.05, 0) is 53.2 Å². The first kappa shape index (κ1) is 17.5. The predicted octanol–water partition coefficient (Wildman–Crippen LogP) is 6.57. The normalized spacial score (nSPS) is 10.9. The standard InChI is InChI=1S/C22H13Cl2NO2/c23-18-6-3-13(4-7-18)20-11-17(22(26)27)12-21(25-20)16-2-1-15-10-19(24)8-5-14(15)9-16/h1-12H,(H,26,27). The molecule has 4 rings (SSSR count). The van der Waals surface area contributed by atoms with E-state index in [-0.39, 0.29) is 5.56 Å². The van der Waals surface area contributed by atoms with E-state index in [9.17, 15) is 9.90 Å². The molecule has 3 aromatic carbocycles. The lowest BCUT2D eigenvalue weighted by atomic mass is 10.0. The summed E-state index contributed by atoms with van der Waals surface area (Å²) in [7, 11) is 0. The van der Waals surface area contributed by atoms with E-state index < -0.39 is 5.97 Å². The highest BCUT2D eigenvalue weighted by Gasteiger charge is 2.12. The molecule has 0 aliphatic heterocycles. The van der Waals surface area contributed by atoms with Crippen molar-refractivity contribution in [2.75, 3.05) is 0 Å². The molecular formula is C22H13Cl2NO2. The van der Waals surface area contributed by atoms with E-state index in [2.05, 4.69) is 4.98 Å². The Labute approximate surface area is 165 Å². The molecule has 0 unspecified atom stereocenters. The third-order valence-corrected chi connectivity index (χ3v) is 4.80. The topological polar surface area (TPSA) is 50.2 Å². The molecule has 0 saturated heterocycles. The average molecular weight is 394 g/mol. The number of hydrogen-bond acceptors (Lipinski definition) is 2. The molecule has 0 atom stereocenters. The van der Waals surface area contributed by atoms with Gasteiger partial charge in [-0.2, -0.15) is 0 Å². The Morgan fingerprint density at radius 2 is 1.26 bits per heavy atom. The van der Waals surface area contributed by atoms with Gasteiger partial charge < -0.3 is 5.11 Å². The van der Waals surface area contributed by atoms with Crippen LogP contribution in [-0.4, -0.2) is 16.1 Å². The van der Waals surface area contributed by atoms with E-state index >= 15 is 0 Å². The third kappa shape index (κ3) is 3.65. The van der Waals surface area contributed by atoms with Crippen LogP contribution >= 0.6 is 23.2 Å². The second kappa shape index (κ2) is 7.03. The largest absolute Gasteiger partial charge is 0.478 e. The summed E-state index contributed by atoms with van der Waals surface area (Å²) < 4.78 is 0. The molecule has 0 saturated carbocycles. The third-order valence-electron chi connectivity index (χ3n) is 4.31. The molecule has 1 N–H and O–H groups in total. The van der Waals surface area contributed by atoms with Gasteiger partial charge in [-0.3, -0.25) is 0 Å². The zero-order valence-corrected chi connectivity index (χ0v) is 15.5. The number of hydrogen-bond donors (Lipinski definition) is 1. The van der Waals surface area contributed by atoms with Gasteiger partial charge in [0.2, 0.25) is 0 Å². The van der Waals surface area contributed by atoms with Gasteiger partial charge in [0.1, 0.15) is 0 Å². The Bertz CT molecular complexity index is 1170. The maximum absolute atomic E-state index is 11.6. The molecule has 0 radical (unpaired) electrons. The average Bonchev–Trinajstić information content (AvgIpc) is 2.67. The molecule has 0 amide bonds. The molecule has 0 fully saturated rings. The predicted molar refractivity (Wildman–Crippen MR) is 110 cm³/mol. The van der Waals surface area contributed by atoms with E-state index in [4.69, 9.17) is 23.2 Å². The van der Waals surface area contributed by atoms with Gasteiger partial charge in [-0.25, -0.2) is 9.78 Å². The summed E-state index contributed by atoms with van der Waals surface area (Å²) in [6.07, 6.45) is 0. The lowest BCUT2D eigenvalue weighted by Crippen LogP contribution is -2.00. The van der Waals surface area contributed by atoms with Crippen molar-refractivity contribution in [1.82, 2.24) is 4.98 Å². The van der Waals surface area contributed by atoms with Gasteiger partial charge in [-0.15, -0.1) is 0 Å².